The summed E-state index contributed by atoms with van der Waals surface area (Å²) in [4.78, 5) is 11.5. The zero-order valence-electron chi connectivity index (χ0n) is 10.9. The van der Waals surface area contributed by atoms with Crippen LogP contribution in [-0.4, -0.2) is 41.2 Å². The van der Waals surface area contributed by atoms with Gasteiger partial charge in [0.05, 0.1) is 0 Å². The smallest absolute Gasteiger partial charge is 0.264 e. The van der Waals surface area contributed by atoms with Crippen LogP contribution in [0.15, 0.2) is 0 Å². The summed E-state index contributed by atoms with van der Waals surface area (Å²) in [5.41, 5.74) is 11.0. The average Bonchev–Trinajstić information content (AvgIpc) is 2.27. The monoisotopic (exact) mass is 263 g/mol. The SMILES string of the molecule is CCSCC[C@@H](N)C(O)C(=O)NNCC(C)C. The fourth-order valence-corrected chi connectivity index (χ4v) is 1.86. The third-order valence-corrected chi connectivity index (χ3v) is 3.13. The van der Waals surface area contributed by atoms with Crippen molar-refractivity contribution in [3.8, 4) is 0 Å². The maximum absolute atomic E-state index is 11.5. The number of aliphatic hydroxyl groups excluding tert-OH is 1. The Morgan fingerprint density at radius 2 is 2.12 bits per heavy atom. The molecule has 0 rings (SSSR count). The number of aliphatic hydroxyl groups is 1. The molecule has 5 N–H and O–H groups in total. The van der Waals surface area contributed by atoms with Crippen molar-refractivity contribution in [3.63, 3.8) is 0 Å². The van der Waals surface area contributed by atoms with Gasteiger partial charge in [0.2, 0.25) is 0 Å². The van der Waals surface area contributed by atoms with Crippen molar-refractivity contribution in [1.29, 1.82) is 0 Å². The molecule has 0 aromatic rings. The Kier molecular flexibility index (Phi) is 9.53. The molecule has 0 spiro atoms. The van der Waals surface area contributed by atoms with E-state index in [2.05, 4.69) is 17.8 Å². The third kappa shape index (κ3) is 8.43. The molecule has 0 aromatic carbocycles. The minimum Gasteiger partial charge on any atom is -0.382 e. The number of hydrazine groups is 1. The van der Waals surface area contributed by atoms with Gasteiger partial charge in [0.1, 0.15) is 6.10 Å². The Bertz CT molecular complexity index is 215. The van der Waals surface area contributed by atoms with Crippen molar-refractivity contribution < 1.29 is 9.90 Å². The third-order valence-electron chi connectivity index (χ3n) is 2.20. The van der Waals surface area contributed by atoms with Crippen molar-refractivity contribution in [3.05, 3.63) is 0 Å². The molecule has 1 amide bonds. The highest BCUT2D eigenvalue weighted by atomic mass is 32.2. The van der Waals surface area contributed by atoms with Crippen LogP contribution in [-0.2, 0) is 4.79 Å². The Morgan fingerprint density at radius 1 is 1.47 bits per heavy atom. The fourth-order valence-electron chi connectivity index (χ4n) is 1.13. The van der Waals surface area contributed by atoms with Gasteiger partial charge in [0, 0.05) is 12.6 Å². The van der Waals surface area contributed by atoms with Gasteiger partial charge in [-0.2, -0.15) is 11.8 Å². The highest BCUT2D eigenvalue weighted by Gasteiger charge is 2.22. The molecule has 0 aliphatic rings. The number of carbonyl (C=O) groups excluding carboxylic acids is 1. The van der Waals surface area contributed by atoms with Crippen molar-refractivity contribution in [1.82, 2.24) is 10.9 Å². The van der Waals surface area contributed by atoms with Crippen LogP contribution in [0.4, 0.5) is 0 Å². The molecule has 0 radical (unpaired) electrons. The van der Waals surface area contributed by atoms with Crippen molar-refractivity contribution >= 4 is 17.7 Å². The van der Waals surface area contributed by atoms with Crippen LogP contribution in [0, 0.1) is 5.92 Å². The fraction of sp³-hybridized carbons (Fsp3) is 0.909. The Balaban J connectivity index is 3.78. The predicted molar refractivity (Wildman–Crippen MR) is 72.6 cm³/mol. The summed E-state index contributed by atoms with van der Waals surface area (Å²) in [7, 11) is 0. The van der Waals surface area contributed by atoms with E-state index in [1.54, 1.807) is 11.8 Å². The first-order valence-electron chi connectivity index (χ1n) is 6.03. The highest BCUT2D eigenvalue weighted by molar-refractivity contribution is 7.99. The molecule has 0 aliphatic carbocycles. The number of nitrogens with one attached hydrogen (secondary N) is 2. The normalized spacial score (nSPS) is 14.7. The summed E-state index contributed by atoms with van der Waals surface area (Å²) in [6, 6.07) is -0.505. The van der Waals surface area contributed by atoms with E-state index in [1.807, 2.05) is 13.8 Å². The van der Waals surface area contributed by atoms with Gasteiger partial charge >= 0.3 is 0 Å². The quantitative estimate of drug-likeness (QED) is 0.350. The average molecular weight is 263 g/mol. The Labute approximate surface area is 108 Å². The maximum atomic E-state index is 11.5. The lowest BCUT2D eigenvalue weighted by Gasteiger charge is -2.18. The largest absolute Gasteiger partial charge is 0.382 e. The van der Waals surface area contributed by atoms with Crippen LogP contribution in [0.3, 0.4) is 0 Å². The molecular formula is C11H25N3O2S. The second kappa shape index (κ2) is 9.70. The molecule has 1 unspecified atom stereocenters. The van der Waals surface area contributed by atoms with Gasteiger partial charge < -0.3 is 10.8 Å². The molecule has 5 nitrogen and oxygen atoms in total. The number of carbonyl (C=O) groups is 1. The number of hydrogen-bond donors (Lipinski definition) is 4. The minimum atomic E-state index is -1.15. The van der Waals surface area contributed by atoms with E-state index >= 15 is 0 Å². The van der Waals surface area contributed by atoms with Crippen LogP contribution in [0.25, 0.3) is 0 Å². The van der Waals surface area contributed by atoms with Crippen LogP contribution in [0.1, 0.15) is 27.2 Å². The summed E-state index contributed by atoms with van der Waals surface area (Å²) < 4.78 is 0. The van der Waals surface area contributed by atoms with Gasteiger partial charge in [0.15, 0.2) is 0 Å². The van der Waals surface area contributed by atoms with Gasteiger partial charge in [-0.25, -0.2) is 5.43 Å². The van der Waals surface area contributed by atoms with Gasteiger partial charge in [-0.15, -0.1) is 0 Å². The van der Waals surface area contributed by atoms with Crippen LogP contribution < -0.4 is 16.6 Å². The molecule has 6 heteroatoms. The zero-order chi connectivity index (χ0) is 13.3. The number of rotatable bonds is 9. The van der Waals surface area contributed by atoms with Gasteiger partial charge in [-0.05, 0) is 23.8 Å². The van der Waals surface area contributed by atoms with E-state index in [0.717, 1.165) is 11.5 Å². The lowest BCUT2D eigenvalue weighted by molar-refractivity contribution is -0.131. The summed E-state index contributed by atoms with van der Waals surface area (Å²) in [6.45, 7) is 6.79. The summed E-state index contributed by atoms with van der Waals surface area (Å²) in [6.07, 6.45) is -0.510. The first-order chi connectivity index (χ1) is 7.99. The lowest BCUT2D eigenvalue weighted by atomic mass is 10.1. The number of hydrogen-bond acceptors (Lipinski definition) is 5. The molecule has 0 heterocycles. The molecule has 102 valence electrons. The van der Waals surface area contributed by atoms with Crippen molar-refractivity contribution in [2.45, 2.75) is 39.3 Å². The number of amides is 1. The molecule has 0 saturated carbocycles. The number of nitrogens with two attached hydrogens (primary N) is 1. The molecule has 0 aliphatic heterocycles. The van der Waals surface area contributed by atoms with E-state index < -0.39 is 18.1 Å². The molecule has 17 heavy (non-hydrogen) atoms. The lowest BCUT2D eigenvalue weighted by Crippen LogP contribution is -2.51. The number of thioether (sulfide) groups is 1. The van der Waals surface area contributed by atoms with E-state index in [9.17, 15) is 9.90 Å². The zero-order valence-corrected chi connectivity index (χ0v) is 11.7. The summed E-state index contributed by atoms with van der Waals surface area (Å²) in [5.74, 6) is 1.86. The van der Waals surface area contributed by atoms with Crippen LogP contribution in [0.5, 0.6) is 0 Å². The van der Waals surface area contributed by atoms with E-state index in [-0.39, 0.29) is 0 Å². The summed E-state index contributed by atoms with van der Waals surface area (Å²) in [5, 5.41) is 9.66. The van der Waals surface area contributed by atoms with Crippen molar-refractivity contribution in [2.75, 3.05) is 18.1 Å². The van der Waals surface area contributed by atoms with Crippen LogP contribution in [0.2, 0.25) is 0 Å². The summed E-state index contributed by atoms with van der Waals surface area (Å²) >= 11 is 1.75. The van der Waals surface area contributed by atoms with E-state index in [1.165, 1.54) is 0 Å². The predicted octanol–water partition coefficient (Wildman–Crippen LogP) is 0.0946. The highest BCUT2D eigenvalue weighted by Crippen LogP contribution is 2.05. The standard InChI is InChI=1S/C11H25N3O2S/c1-4-17-6-5-9(12)10(15)11(16)14-13-7-8(2)3/h8-10,13,15H,4-7,12H2,1-3H3,(H,14,16)/t9-,10?/m1/s1. The molecule has 0 saturated heterocycles. The first-order valence-corrected chi connectivity index (χ1v) is 7.18. The van der Waals surface area contributed by atoms with Gasteiger partial charge in [-0.1, -0.05) is 20.8 Å². The van der Waals surface area contributed by atoms with E-state index in [4.69, 9.17) is 5.73 Å². The maximum Gasteiger partial charge on any atom is 0.264 e. The minimum absolute atomic E-state index is 0.432. The first kappa shape index (κ1) is 16.7. The second-order valence-electron chi connectivity index (χ2n) is 4.36. The molecular weight excluding hydrogens is 238 g/mol. The van der Waals surface area contributed by atoms with Gasteiger partial charge in [-0.3, -0.25) is 10.2 Å². The van der Waals surface area contributed by atoms with Crippen LogP contribution >= 0.6 is 11.8 Å². The molecule has 2 atom stereocenters. The topological polar surface area (TPSA) is 87.4 Å². The van der Waals surface area contributed by atoms with Crippen molar-refractivity contribution in [2.24, 2.45) is 11.7 Å². The molecule has 0 bridgehead atoms. The molecule has 0 aromatic heterocycles. The van der Waals surface area contributed by atoms with E-state index in [0.29, 0.717) is 18.9 Å². The van der Waals surface area contributed by atoms with Gasteiger partial charge in [0.25, 0.3) is 5.91 Å². The molecule has 0 fully saturated rings. The second-order valence-corrected chi connectivity index (χ2v) is 5.75. The Morgan fingerprint density at radius 3 is 2.65 bits per heavy atom. The Hall–Kier alpha value is -0.300.